The number of aromatic nitrogens is 2. The summed E-state index contributed by atoms with van der Waals surface area (Å²) in [6, 6.07) is 7.10. The average Bonchev–Trinajstić information content (AvgIpc) is 2.95. The lowest BCUT2D eigenvalue weighted by molar-refractivity contribution is -0.390. The van der Waals surface area contributed by atoms with Gasteiger partial charge in [-0.05, 0) is 42.5 Å². The topological polar surface area (TPSA) is 90.1 Å². The lowest BCUT2D eigenvalue weighted by Gasteiger charge is -2.08. The number of nitrogens with one attached hydrogen (secondary N) is 1. The van der Waals surface area contributed by atoms with E-state index in [0.717, 1.165) is 5.56 Å². The van der Waals surface area contributed by atoms with Crippen molar-refractivity contribution in [2.45, 2.75) is 19.9 Å². The van der Waals surface area contributed by atoms with Crippen LogP contribution in [0.4, 0.5) is 5.82 Å². The first-order chi connectivity index (χ1) is 11.4. The van der Waals surface area contributed by atoms with E-state index in [0.29, 0.717) is 11.4 Å². The predicted octanol–water partition coefficient (Wildman–Crippen LogP) is 3.20. The number of hydrogen-bond donors (Lipinski definition) is 1. The molecule has 0 unspecified atom stereocenters. The maximum atomic E-state index is 11.9. The zero-order valence-corrected chi connectivity index (χ0v) is 13.5. The van der Waals surface area contributed by atoms with Crippen molar-refractivity contribution in [3.8, 4) is 0 Å². The van der Waals surface area contributed by atoms with Crippen LogP contribution in [-0.2, 0) is 0 Å². The van der Waals surface area contributed by atoms with Crippen molar-refractivity contribution < 1.29 is 9.72 Å². The van der Waals surface area contributed by atoms with Crippen LogP contribution in [0.15, 0.2) is 37.0 Å². The van der Waals surface area contributed by atoms with Crippen molar-refractivity contribution in [3.63, 3.8) is 0 Å². The Morgan fingerprint density at radius 3 is 2.54 bits per heavy atom. The molecule has 1 heterocycles. The van der Waals surface area contributed by atoms with Gasteiger partial charge in [-0.1, -0.05) is 18.7 Å². The summed E-state index contributed by atoms with van der Waals surface area (Å²) in [6.07, 6.45) is 5.93. The van der Waals surface area contributed by atoms with Crippen molar-refractivity contribution in [3.05, 3.63) is 64.1 Å². The van der Waals surface area contributed by atoms with Gasteiger partial charge in [-0.3, -0.25) is 4.79 Å². The first-order valence-corrected chi connectivity index (χ1v) is 7.35. The number of hydrogen-bond acceptors (Lipinski definition) is 4. The third kappa shape index (κ3) is 3.95. The minimum atomic E-state index is -0.520. The van der Waals surface area contributed by atoms with Crippen LogP contribution in [0.2, 0.25) is 0 Å². The molecule has 7 heteroatoms. The second-order valence-corrected chi connectivity index (χ2v) is 5.37. The fourth-order valence-electron chi connectivity index (χ4n) is 2.07. The summed E-state index contributed by atoms with van der Waals surface area (Å²) in [5.74, 6) is 0.127. The van der Waals surface area contributed by atoms with E-state index in [9.17, 15) is 14.9 Å². The van der Waals surface area contributed by atoms with Crippen molar-refractivity contribution in [2.75, 3.05) is 0 Å². The fraction of sp³-hybridized carbons (Fsp3) is 0.176. The zero-order chi connectivity index (χ0) is 17.7. The molecular weight excluding hydrogens is 308 g/mol. The number of carbonyl (C=O) groups is 1. The van der Waals surface area contributed by atoms with E-state index in [4.69, 9.17) is 0 Å². The third-order valence-electron chi connectivity index (χ3n) is 3.19. The van der Waals surface area contributed by atoms with Crippen LogP contribution in [0.5, 0.6) is 0 Å². The molecule has 0 aliphatic heterocycles. The Morgan fingerprint density at radius 1 is 1.33 bits per heavy atom. The summed E-state index contributed by atoms with van der Waals surface area (Å²) in [5.41, 5.74) is 1.42. The molecule has 0 atom stereocenters. The Labute approximate surface area is 139 Å². The number of amides is 1. The highest BCUT2D eigenvalue weighted by Gasteiger charge is 2.15. The Hall–Kier alpha value is -3.22. The summed E-state index contributed by atoms with van der Waals surface area (Å²) < 4.78 is 1.29. The molecule has 124 valence electrons. The molecule has 2 aromatic rings. The molecule has 0 bridgehead atoms. The highest BCUT2D eigenvalue weighted by Crippen LogP contribution is 2.16. The molecule has 0 spiro atoms. The van der Waals surface area contributed by atoms with Crippen LogP contribution < -0.4 is 5.32 Å². The van der Waals surface area contributed by atoms with Gasteiger partial charge in [-0.15, -0.1) is 0 Å². The van der Waals surface area contributed by atoms with E-state index in [1.807, 2.05) is 13.8 Å². The Balaban J connectivity index is 2.17. The monoisotopic (exact) mass is 326 g/mol. The van der Waals surface area contributed by atoms with Gasteiger partial charge in [-0.2, -0.15) is 4.57 Å². The maximum Gasteiger partial charge on any atom is 0.347 e. The molecule has 0 saturated carbocycles. The minimum Gasteiger partial charge on any atom is -0.358 e. The number of carbonyl (C=O) groups excluding carboxylic acids is 1. The van der Waals surface area contributed by atoms with E-state index < -0.39 is 4.92 Å². The second-order valence-electron chi connectivity index (χ2n) is 5.37. The van der Waals surface area contributed by atoms with Crippen molar-refractivity contribution in [2.24, 2.45) is 0 Å². The largest absolute Gasteiger partial charge is 0.358 e. The lowest BCUT2D eigenvalue weighted by Crippen LogP contribution is -2.29. The molecule has 0 aliphatic carbocycles. The van der Waals surface area contributed by atoms with Gasteiger partial charge in [0.2, 0.25) is 5.82 Å². The van der Waals surface area contributed by atoms with Gasteiger partial charge in [-0.25, -0.2) is 4.98 Å². The quantitative estimate of drug-likeness (QED) is 0.652. The standard InChI is InChI=1S/C17H18N4O3/c1-4-20-15(18-11-16(20)21(23)24)10-7-13-5-8-14(9-6-13)17(22)19-12(2)3/h4-12H,1H2,2-3H3,(H,19,22). The molecule has 1 amide bonds. The molecule has 2 rings (SSSR count). The molecule has 1 N–H and O–H groups in total. The lowest BCUT2D eigenvalue weighted by atomic mass is 10.1. The van der Waals surface area contributed by atoms with Crippen molar-refractivity contribution >= 4 is 30.1 Å². The molecule has 1 aromatic heterocycles. The van der Waals surface area contributed by atoms with Crippen LogP contribution in [0, 0.1) is 10.1 Å². The normalized spacial score (nSPS) is 11.0. The van der Waals surface area contributed by atoms with Crippen LogP contribution in [0.25, 0.3) is 18.4 Å². The molecule has 0 fully saturated rings. The number of imidazole rings is 1. The molecule has 0 radical (unpaired) electrons. The SMILES string of the molecule is C=Cn1c([N+](=O)[O-])cnc1C=Cc1ccc(C(=O)NC(C)C)cc1. The van der Waals surface area contributed by atoms with Crippen LogP contribution in [0.1, 0.15) is 35.6 Å². The summed E-state index contributed by atoms with van der Waals surface area (Å²) in [7, 11) is 0. The van der Waals surface area contributed by atoms with Gasteiger partial charge < -0.3 is 15.4 Å². The second kappa shape index (κ2) is 7.36. The highest BCUT2D eigenvalue weighted by molar-refractivity contribution is 5.94. The first kappa shape index (κ1) is 17.1. The predicted molar refractivity (Wildman–Crippen MR) is 93.2 cm³/mol. The molecule has 0 aliphatic rings. The third-order valence-corrected chi connectivity index (χ3v) is 3.19. The van der Waals surface area contributed by atoms with Gasteiger partial charge >= 0.3 is 5.82 Å². The maximum absolute atomic E-state index is 11.9. The van der Waals surface area contributed by atoms with Gasteiger partial charge in [0.25, 0.3) is 5.91 Å². The number of nitrogens with zero attached hydrogens (tertiary/aromatic N) is 3. The molecule has 7 nitrogen and oxygen atoms in total. The van der Waals surface area contributed by atoms with Gasteiger partial charge in [0, 0.05) is 17.7 Å². The van der Waals surface area contributed by atoms with Crippen LogP contribution >= 0.6 is 0 Å². The first-order valence-electron chi connectivity index (χ1n) is 7.35. The summed E-state index contributed by atoms with van der Waals surface area (Å²) in [5, 5.41) is 13.7. The number of benzene rings is 1. The number of nitro groups is 1. The number of rotatable bonds is 6. The van der Waals surface area contributed by atoms with E-state index >= 15 is 0 Å². The smallest absolute Gasteiger partial charge is 0.347 e. The van der Waals surface area contributed by atoms with Gasteiger partial charge in [0.1, 0.15) is 6.20 Å². The minimum absolute atomic E-state index is 0.0747. The van der Waals surface area contributed by atoms with E-state index in [-0.39, 0.29) is 17.8 Å². The van der Waals surface area contributed by atoms with E-state index in [1.54, 1.807) is 36.4 Å². The zero-order valence-electron chi connectivity index (χ0n) is 13.5. The summed E-state index contributed by atoms with van der Waals surface area (Å²) >= 11 is 0. The van der Waals surface area contributed by atoms with Crippen molar-refractivity contribution in [1.29, 1.82) is 0 Å². The van der Waals surface area contributed by atoms with E-state index in [2.05, 4.69) is 16.9 Å². The molecule has 24 heavy (non-hydrogen) atoms. The molecule has 0 saturated heterocycles. The van der Waals surface area contributed by atoms with Crippen LogP contribution in [0.3, 0.4) is 0 Å². The van der Waals surface area contributed by atoms with Crippen molar-refractivity contribution in [1.82, 2.24) is 14.9 Å². The van der Waals surface area contributed by atoms with Gasteiger partial charge in [0.15, 0.2) is 0 Å². The van der Waals surface area contributed by atoms with E-state index in [1.165, 1.54) is 17.0 Å². The fourth-order valence-corrected chi connectivity index (χ4v) is 2.07. The average molecular weight is 326 g/mol. The molecular formula is C17H18N4O3. The highest BCUT2D eigenvalue weighted by atomic mass is 16.6. The van der Waals surface area contributed by atoms with Gasteiger partial charge in [0.05, 0.1) is 6.20 Å². The Morgan fingerprint density at radius 2 is 2.00 bits per heavy atom. The van der Waals surface area contributed by atoms with Crippen LogP contribution in [-0.4, -0.2) is 26.4 Å². The Kier molecular flexibility index (Phi) is 5.26. The molecule has 1 aromatic carbocycles. The summed E-state index contributed by atoms with van der Waals surface area (Å²) in [4.78, 5) is 26.2. The summed E-state index contributed by atoms with van der Waals surface area (Å²) in [6.45, 7) is 7.35. The Bertz CT molecular complexity index is 789.